The van der Waals surface area contributed by atoms with Crippen LogP contribution in [0.4, 0.5) is 0 Å². The first-order chi connectivity index (χ1) is 13.1. The second-order valence-corrected chi connectivity index (χ2v) is 7.33. The molecule has 2 saturated heterocycles. The molecule has 0 radical (unpaired) electrons. The number of aliphatic hydroxyl groups is 1. The smallest absolute Gasteiger partial charge is 0.194 e. The number of benzene rings is 1. The van der Waals surface area contributed by atoms with E-state index in [-0.39, 0.29) is 35.9 Å². The molecule has 8 heteroatoms. The fourth-order valence-electron chi connectivity index (χ4n) is 3.81. The van der Waals surface area contributed by atoms with Crippen molar-refractivity contribution < 1.29 is 19.3 Å². The molecule has 0 amide bonds. The number of hydrogen-bond acceptors (Lipinski definition) is 5. The third-order valence-corrected chi connectivity index (χ3v) is 5.43. The summed E-state index contributed by atoms with van der Waals surface area (Å²) in [6.45, 7) is 6.76. The monoisotopic (exact) mass is 505 g/mol. The quantitative estimate of drug-likeness (QED) is 0.352. The largest absolute Gasteiger partial charge is 0.497 e. The Labute approximate surface area is 184 Å². The average Bonchev–Trinajstić information content (AvgIpc) is 3.34. The molecule has 0 bridgehead atoms. The minimum Gasteiger partial charge on any atom is -0.497 e. The summed E-state index contributed by atoms with van der Waals surface area (Å²) in [4.78, 5) is 6.99. The molecule has 0 aromatic heterocycles. The predicted octanol–water partition coefficient (Wildman–Crippen LogP) is 2.43. The van der Waals surface area contributed by atoms with Gasteiger partial charge in [-0.25, -0.2) is 0 Å². The third-order valence-electron chi connectivity index (χ3n) is 5.43. The molecule has 28 heavy (non-hydrogen) atoms. The van der Waals surface area contributed by atoms with Crippen molar-refractivity contribution in [2.45, 2.75) is 25.9 Å². The summed E-state index contributed by atoms with van der Waals surface area (Å²) >= 11 is 0. The van der Waals surface area contributed by atoms with Crippen molar-refractivity contribution in [3.05, 3.63) is 23.8 Å². The molecule has 2 aliphatic heterocycles. The zero-order valence-electron chi connectivity index (χ0n) is 16.9. The van der Waals surface area contributed by atoms with Crippen LogP contribution >= 0.6 is 24.0 Å². The first kappa shape index (κ1) is 23.0. The Morgan fingerprint density at radius 1 is 1.29 bits per heavy atom. The van der Waals surface area contributed by atoms with Gasteiger partial charge in [0.15, 0.2) is 5.96 Å². The van der Waals surface area contributed by atoms with Crippen LogP contribution in [-0.4, -0.2) is 69.6 Å². The maximum Gasteiger partial charge on any atom is 0.194 e. The van der Waals surface area contributed by atoms with Gasteiger partial charge in [-0.05, 0) is 37.5 Å². The summed E-state index contributed by atoms with van der Waals surface area (Å²) in [5.41, 5.74) is 1.00. The molecule has 2 unspecified atom stereocenters. The molecule has 2 fully saturated rings. The van der Waals surface area contributed by atoms with E-state index < -0.39 is 6.10 Å². The van der Waals surface area contributed by atoms with Gasteiger partial charge >= 0.3 is 0 Å². The highest BCUT2D eigenvalue weighted by molar-refractivity contribution is 14.0. The number of hydrogen-bond donors (Lipinski definition) is 2. The van der Waals surface area contributed by atoms with Crippen LogP contribution in [0, 0.1) is 5.41 Å². The van der Waals surface area contributed by atoms with E-state index in [1.807, 2.05) is 12.1 Å². The first-order valence-electron chi connectivity index (χ1n) is 9.61. The van der Waals surface area contributed by atoms with Gasteiger partial charge in [-0.1, -0.05) is 0 Å². The number of nitrogens with one attached hydrogen (secondary N) is 1. The van der Waals surface area contributed by atoms with Crippen molar-refractivity contribution >= 4 is 29.9 Å². The molecule has 3 rings (SSSR count). The second-order valence-electron chi connectivity index (χ2n) is 7.33. The maximum atomic E-state index is 10.6. The van der Waals surface area contributed by atoms with Gasteiger partial charge in [0, 0.05) is 37.7 Å². The zero-order chi connectivity index (χ0) is 19.3. The van der Waals surface area contributed by atoms with Crippen LogP contribution in [0.1, 0.15) is 31.4 Å². The lowest BCUT2D eigenvalue weighted by Crippen LogP contribution is -2.41. The number of likely N-dealkylation sites (tertiary alicyclic amines) is 1. The summed E-state index contributed by atoms with van der Waals surface area (Å²) in [5.74, 6) is 2.17. The topological polar surface area (TPSA) is 75.6 Å². The first-order valence-corrected chi connectivity index (χ1v) is 9.61. The van der Waals surface area contributed by atoms with Crippen molar-refractivity contribution in [2.75, 3.05) is 53.6 Å². The molecular weight excluding hydrogens is 473 g/mol. The molecule has 2 N–H and O–H groups in total. The molecular formula is C20H32IN3O4. The Morgan fingerprint density at radius 3 is 2.57 bits per heavy atom. The van der Waals surface area contributed by atoms with Crippen LogP contribution in [0.5, 0.6) is 11.5 Å². The maximum absolute atomic E-state index is 10.6. The molecule has 1 spiro atoms. The molecule has 2 aliphatic rings. The third kappa shape index (κ3) is 5.42. The van der Waals surface area contributed by atoms with E-state index in [9.17, 15) is 5.11 Å². The zero-order valence-corrected chi connectivity index (χ0v) is 19.3. The lowest BCUT2D eigenvalue weighted by molar-refractivity contribution is 0.156. The Balaban J connectivity index is 0.00000280. The van der Waals surface area contributed by atoms with Crippen LogP contribution in [0.3, 0.4) is 0 Å². The standard InChI is InChI=1S/C20H31N3O4.HI/c1-4-21-19(23-7-5-20(13-23)6-8-27-14-20)22-12-18(24)15-9-16(25-2)11-17(10-15)26-3;/h9-11,18,24H,4-8,12-14H2,1-3H3,(H,21,22);1H. The highest BCUT2D eigenvalue weighted by atomic mass is 127. The Kier molecular flexibility index (Phi) is 8.63. The number of guanidine groups is 1. The van der Waals surface area contributed by atoms with Crippen LogP contribution in [0.2, 0.25) is 0 Å². The number of methoxy groups -OCH3 is 2. The van der Waals surface area contributed by atoms with E-state index >= 15 is 0 Å². The minimum atomic E-state index is -0.728. The lowest BCUT2D eigenvalue weighted by Gasteiger charge is -2.25. The molecule has 1 aromatic carbocycles. The summed E-state index contributed by atoms with van der Waals surface area (Å²) in [6.07, 6.45) is 1.52. The van der Waals surface area contributed by atoms with Crippen LogP contribution in [0.15, 0.2) is 23.2 Å². The van der Waals surface area contributed by atoms with E-state index in [1.54, 1.807) is 20.3 Å². The fraction of sp³-hybridized carbons (Fsp3) is 0.650. The number of ether oxygens (including phenoxy) is 3. The van der Waals surface area contributed by atoms with Crippen molar-refractivity contribution in [3.8, 4) is 11.5 Å². The van der Waals surface area contributed by atoms with Crippen LogP contribution < -0.4 is 14.8 Å². The van der Waals surface area contributed by atoms with Crippen molar-refractivity contribution in [1.29, 1.82) is 0 Å². The molecule has 158 valence electrons. The Morgan fingerprint density at radius 2 is 2.00 bits per heavy atom. The molecule has 7 nitrogen and oxygen atoms in total. The van der Waals surface area contributed by atoms with Gasteiger partial charge in [-0.2, -0.15) is 0 Å². The van der Waals surface area contributed by atoms with Crippen molar-refractivity contribution in [1.82, 2.24) is 10.2 Å². The van der Waals surface area contributed by atoms with E-state index in [0.29, 0.717) is 11.5 Å². The summed E-state index contributed by atoms with van der Waals surface area (Å²) in [6, 6.07) is 5.42. The van der Waals surface area contributed by atoms with Gasteiger partial charge in [-0.3, -0.25) is 4.99 Å². The normalized spacial score (nSPS) is 22.9. The number of rotatable bonds is 6. The Hall–Kier alpha value is -1.26. The van der Waals surface area contributed by atoms with Crippen molar-refractivity contribution in [2.24, 2.45) is 10.4 Å². The van der Waals surface area contributed by atoms with Gasteiger partial charge in [0.25, 0.3) is 0 Å². The van der Waals surface area contributed by atoms with Gasteiger partial charge in [-0.15, -0.1) is 24.0 Å². The number of aliphatic hydroxyl groups excluding tert-OH is 1. The lowest BCUT2D eigenvalue weighted by atomic mass is 9.87. The molecule has 0 aliphatic carbocycles. The molecule has 2 atom stereocenters. The summed E-state index contributed by atoms with van der Waals surface area (Å²) in [5, 5.41) is 14.0. The summed E-state index contributed by atoms with van der Waals surface area (Å²) < 4.78 is 16.2. The van der Waals surface area contributed by atoms with E-state index in [0.717, 1.165) is 57.2 Å². The van der Waals surface area contributed by atoms with E-state index in [4.69, 9.17) is 19.2 Å². The van der Waals surface area contributed by atoms with E-state index in [1.165, 1.54) is 0 Å². The molecule has 0 saturated carbocycles. The van der Waals surface area contributed by atoms with Gasteiger partial charge in [0.2, 0.25) is 0 Å². The second kappa shape index (κ2) is 10.5. The van der Waals surface area contributed by atoms with Gasteiger partial charge in [0.05, 0.1) is 33.5 Å². The number of aliphatic imine (C=N–C) groups is 1. The highest BCUT2D eigenvalue weighted by Gasteiger charge is 2.42. The SMILES string of the molecule is CCNC(=NCC(O)c1cc(OC)cc(OC)c1)N1CCC2(CCOC2)C1.I. The highest BCUT2D eigenvalue weighted by Crippen LogP contribution is 2.38. The fourth-order valence-corrected chi connectivity index (χ4v) is 3.81. The van der Waals surface area contributed by atoms with Crippen molar-refractivity contribution in [3.63, 3.8) is 0 Å². The minimum absolute atomic E-state index is 0. The average molecular weight is 505 g/mol. The van der Waals surface area contributed by atoms with Gasteiger partial charge in [0.1, 0.15) is 11.5 Å². The Bertz CT molecular complexity index is 643. The van der Waals surface area contributed by atoms with E-state index in [2.05, 4.69) is 17.1 Å². The molecule has 1 aromatic rings. The predicted molar refractivity (Wildman–Crippen MR) is 120 cm³/mol. The molecule has 2 heterocycles. The summed E-state index contributed by atoms with van der Waals surface area (Å²) in [7, 11) is 3.20. The van der Waals surface area contributed by atoms with Crippen LogP contribution in [0.25, 0.3) is 0 Å². The van der Waals surface area contributed by atoms with Crippen LogP contribution in [-0.2, 0) is 4.74 Å². The number of nitrogens with zero attached hydrogens (tertiary/aromatic N) is 2. The van der Waals surface area contributed by atoms with Gasteiger partial charge < -0.3 is 29.5 Å². The number of halogens is 1.